The van der Waals surface area contributed by atoms with Crippen LogP contribution in [0.5, 0.6) is 11.5 Å². The van der Waals surface area contributed by atoms with Gasteiger partial charge in [0.05, 0.1) is 18.4 Å². The number of ether oxygens (including phenoxy) is 2. The van der Waals surface area contributed by atoms with Crippen LogP contribution in [0.3, 0.4) is 0 Å². The van der Waals surface area contributed by atoms with Crippen LogP contribution < -0.4 is 15.4 Å². The van der Waals surface area contributed by atoms with Crippen molar-refractivity contribution in [1.29, 1.82) is 0 Å². The molecule has 3 aromatic rings. The van der Waals surface area contributed by atoms with Crippen LogP contribution >= 0.6 is 0 Å². The SMILES string of the molecule is COC(=O)c1cc(Oc2ccc(NC(=O)Nc3ccc(CN4CCN(C)CC4)c(C(F)(F)F)c3)c(F)c2)ccn1. The highest BCUT2D eigenvalue weighted by atomic mass is 19.4. The molecule has 0 atom stereocenters. The van der Waals surface area contributed by atoms with Crippen molar-refractivity contribution in [2.45, 2.75) is 12.7 Å². The summed E-state index contributed by atoms with van der Waals surface area (Å²) in [7, 11) is 3.17. The van der Waals surface area contributed by atoms with E-state index in [1.807, 2.05) is 11.9 Å². The lowest BCUT2D eigenvalue weighted by atomic mass is 10.0. The minimum absolute atomic E-state index is 0.00327. The topological polar surface area (TPSA) is 96.0 Å². The molecule has 9 nitrogen and oxygen atoms in total. The van der Waals surface area contributed by atoms with E-state index in [4.69, 9.17) is 4.74 Å². The molecule has 0 radical (unpaired) electrons. The van der Waals surface area contributed by atoms with Gasteiger partial charge in [-0.15, -0.1) is 0 Å². The number of urea groups is 1. The summed E-state index contributed by atoms with van der Waals surface area (Å²) in [5.41, 5.74) is -1.05. The van der Waals surface area contributed by atoms with Gasteiger partial charge in [-0.1, -0.05) is 6.07 Å². The van der Waals surface area contributed by atoms with E-state index in [9.17, 15) is 27.2 Å². The summed E-state index contributed by atoms with van der Waals surface area (Å²) in [6, 6.07) is 9.03. The molecule has 0 spiro atoms. The minimum Gasteiger partial charge on any atom is -0.464 e. The number of hydrogen-bond acceptors (Lipinski definition) is 7. The van der Waals surface area contributed by atoms with Crippen molar-refractivity contribution >= 4 is 23.4 Å². The first-order chi connectivity index (χ1) is 19.0. The fourth-order valence-corrected chi connectivity index (χ4v) is 4.08. The molecule has 40 heavy (non-hydrogen) atoms. The number of hydrogen-bond donors (Lipinski definition) is 2. The number of nitrogens with one attached hydrogen (secondary N) is 2. The molecule has 1 saturated heterocycles. The van der Waals surface area contributed by atoms with Crippen molar-refractivity contribution in [3.05, 3.63) is 77.4 Å². The summed E-state index contributed by atoms with van der Waals surface area (Å²) >= 11 is 0. The molecule has 212 valence electrons. The second-order valence-electron chi connectivity index (χ2n) is 9.14. The van der Waals surface area contributed by atoms with Crippen molar-refractivity contribution in [2.24, 2.45) is 0 Å². The monoisotopic (exact) mass is 561 g/mol. The van der Waals surface area contributed by atoms with Gasteiger partial charge in [0.2, 0.25) is 0 Å². The maximum atomic E-state index is 14.7. The van der Waals surface area contributed by atoms with Gasteiger partial charge in [-0.25, -0.2) is 19.0 Å². The number of esters is 1. The first-order valence-corrected chi connectivity index (χ1v) is 12.2. The smallest absolute Gasteiger partial charge is 0.416 e. The molecule has 0 saturated carbocycles. The molecule has 1 aliphatic heterocycles. The predicted octanol–water partition coefficient (Wildman–Crippen LogP) is 5.21. The Labute approximate surface area is 227 Å². The van der Waals surface area contributed by atoms with Crippen LogP contribution in [-0.2, 0) is 17.5 Å². The number of piperazine rings is 1. The van der Waals surface area contributed by atoms with E-state index in [0.29, 0.717) is 13.1 Å². The first-order valence-electron chi connectivity index (χ1n) is 12.2. The summed E-state index contributed by atoms with van der Waals surface area (Å²) in [6.45, 7) is 2.99. The number of aromatic nitrogens is 1. The molecular weight excluding hydrogens is 534 g/mol. The molecule has 2 amide bonds. The number of methoxy groups -OCH3 is 1. The lowest BCUT2D eigenvalue weighted by Gasteiger charge is -2.33. The van der Waals surface area contributed by atoms with E-state index in [-0.39, 0.29) is 40.7 Å². The zero-order valence-corrected chi connectivity index (χ0v) is 21.7. The number of nitrogens with zero attached hydrogens (tertiary/aromatic N) is 3. The molecule has 4 rings (SSSR count). The number of rotatable bonds is 7. The van der Waals surface area contributed by atoms with Crippen LogP contribution in [0.1, 0.15) is 21.6 Å². The molecule has 2 heterocycles. The summed E-state index contributed by atoms with van der Waals surface area (Å²) < 4.78 is 66.2. The van der Waals surface area contributed by atoms with Crippen LogP contribution in [0.2, 0.25) is 0 Å². The second-order valence-corrected chi connectivity index (χ2v) is 9.14. The first kappa shape index (κ1) is 28.8. The van der Waals surface area contributed by atoms with Gasteiger partial charge in [-0.3, -0.25) is 4.90 Å². The van der Waals surface area contributed by atoms with E-state index in [1.165, 1.54) is 49.7 Å². The van der Waals surface area contributed by atoms with E-state index in [0.717, 1.165) is 25.2 Å². The van der Waals surface area contributed by atoms with Crippen LogP contribution in [0, 0.1) is 5.82 Å². The van der Waals surface area contributed by atoms with E-state index < -0.39 is 29.6 Å². The predicted molar refractivity (Wildman–Crippen MR) is 139 cm³/mol. The van der Waals surface area contributed by atoms with Gasteiger partial charge < -0.3 is 25.0 Å². The third kappa shape index (κ3) is 7.45. The van der Waals surface area contributed by atoms with Crippen molar-refractivity contribution in [1.82, 2.24) is 14.8 Å². The Balaban J connectivity index is 1.41. The summed E-state index contributed by atoms with van der Waals surface area (Å²) in [4.78, 5) is 32.0. The third-order valence-corrected chi connectivity index (χ3v) is 6.21. The molecule has 1 aromatic heterocycles. The maximum Gasteiger partial charge on any atom is 0.416 e. The molecular formula is C27H27F4N5O4. The van der Waals surface area contributed by atoms with Crippen LogP contribution in [0.15, 0.2) is 54.7 Å². The highest BCUT2D eigenvalue weighted by Gasteiger charge is 2.34. The molecule has 1 fully saturated rings. The van der Waals surface area contributed by atoms with Gasteiger partial charge in [0.25, 0.3) is 0 Å². The third-order valence-electron chi connectivity index (χ3n) is 6.21. The molecule has 0 unspecified atom stereocenters. The number of carbonyl (C=O) groups excluding carboxylic acids is 2. The maximum absolute atomic E-state index is 14.7. The Hall–Kier alpha value is -4.23. The normalized spacial score (nSPS) is 14.4. The number of alkyl halides is 3. The quantitative estimate of drug-likeness (QED) is 0.302. The van der Waals surface area contributed by atoms with Gasteiger partial charge in [-0.2, -0.15) is 13.2 Å². The largest absolute Gasteiger partial charge is 0.464 e. The number of halogens is 4. The van der Waals surface area contributed by atoms with Gasteiger partial charge in [0.15, 0.2) is 5.69 Å². The summed E-state index contributed by atoms with van der Waals surface area (Å²) in [5.74, 6) is -1.26. The van der Waals surface area contributed by atoms with Crippen molar-refractivity contribution in [2.75, 3.05) is 51.0 Å². The van der Waals surface area contributed by atoms with Gasteiger partial charge in [0, 0.05) is 56.7 Å². The number of pyridine rings is 1. The standard InChI is InChI=1S/C27H27F4N5O4/c1-35-9-11-36(12-10-35)16-17-3-4-18(13-21(17)27(29,30)31)33-26(38)34-23-6-5-19(14-22(23)28)40-20-7-8-32-24(15-20)25(37)39-2/h3-8,13-15H,9-12,16H2,1-2H3,(H2,33,34,38). The molecule has 0 aliphatic carbocycles. The Bertz CT molecular complexity index is 1380. The molecule has 2 N–H and O–H groups in total. The lowest BCUT2D eigenvalue weighted by molar-refractivity contribution is -0.138. The number of benzene rings is 2. The fourth-order valence-electron chi connectivity index (χ4n) is 4.08. The molecule has 0 bridgehead atoms. The second kappa shape index (κ2) is 12.3. The number of anilines is 2. The molecule has 13 heteroatoms. The van der Waals surface area contributed by atoms with Gasteiger partial charge in [0.1, 0.15) is 17.3 Å². The van der Waals surface area contributed by atoms with Gasteiger partial charge in [-0.05, 0) is 42.9 Å². The molecule has 2 aromatic carbocycles. The Morgan fingerprint density at radius 3 is 2.38 bits per heavy atom. The number of amides is 2. The van der Waals surface area contributed by atoms with E-state index >= 15 is 0 Å². The highest BCUT2D eigenvalue weighted by Crippen LogP contribution is 2.35. The summed E-state index contributed by atoms with van der Waals surface area (Å²) in [6.07, 6.45) is -3.30. The lowest BCUT2D eigenvalue weighted by Crippen LogP contribution is -2.44. The Morgan fingerprint density at radius 1 is 0.975 bits per heavy atom. The van der Waals surface area contributed by atoms with E-state index in [1.54, 1.807) is 0 Å². The van der Waals surface area contributed by atoms with Crippen molar-refractivity contribution in [3.8, 4) is 11.5 Å². The number of likely N-dealkylation sites (N-methyl/N-ethyl adjacent to an activating group) is 1. The van der Waals surface area contributed by atoms with Crippen molar-refractivity contribution < 1.29 is 36.6 Å². The van der Waals surface area contributed by atoms with Crippen LogP contribution in [0.25, 0.3) is 0 Å². The molecule has 1 aliphatic rings. The highest BCUT2D eigenvalue weighted by molar-refractivity contribution is 6.00. The van der Waals surface area contributed by atoms with Crippen LogP contribution in [-0.4, -0.2) is 67.1 Å². The van der Waals surface area contributed by atoms with Gasteiger partial charge >= 0.3 is 18.2 Å². The average Bonchev–Trinajstić information content (AvgIpc) is 2.91. The Kier molecular flexibility index (Phi) is 8.85. The van der Waals surface area contributed by atoms with Crippen molar-refractivity contribution in [3.63, 3.8) is 0 Å². The zero-order valence-electron chi connectivity index (χ0n) is 21.7. The number of carbonyl (C=O) groups is 2. The minimum atomic E-state index is -4.62. The van der Waals surface area contributed by atoms with E-state index in [2.05, 4.69) is 25.3 Å². The summed E-state index contributed by atoms with van der Waals surface area (Å²) in [5, 5.41) is 4.60. The average molecular weight is 562 g/mol. The Morgan fingerprint density at radius 2 is 1.70 bits per heavy atom. The fraction of sp³-hybridized carbons (Fsp3) is 0.296. The van der Waals surface area contributed by atoms with Crippen LogP contribution in [0.4, 0.5) is 33.7 Å². The zero-order chi connectivity index (χ0) is 28.9.